The monoisotopic (exact) mass is 433 g/mol. The molecule has 0 amide bonds. The summed E-state index contributed by atoms with van der Waals surface area (Å²) in [6, 6.07) is 12.0. The molecule has 0 spiro atoms. The largest absolute Gasteiger partial charge is 0.322 e. The second-order valence-electron chi connectivity index (χ2n) is 7.64. The van der Waals surface area contributed by atoms with Crippen molar-refractivity contribution in [1.29, 1.82) is 0 Å². The van der Waals surface area contributed by atoms with Crippen LogP contribution < -0.4 is 5.84 Å². The normalized spacial score (nSPS) is 11.5. The van der Waals surface area contributed by atoms with Gasteiger partial charge in [0, 0.05) is 64.9 Å². The number of nitrogens with two attached hydrogens (primary N) is 1. The first-order valence-electron chi connectivity index (χ1n) is 10.4. The van der Waals surface area contributed by atoms with Gasteiger partial charge in [0.05, 0.1) is 29.0 Å². The van der Waals surface area contributed by atoms with Gasteiger partial charge in [-0.2, -0.15) is 4.79 Å². The molecule has 166 valence electrons. The first kappa shape index (κ1) is 21.5. The number of rotatable bonds is 11. The fraction of sp³-hybridized carbons (Fsp3) is 0.333. The zero-order chi connectivity index (χ0) is 22.2. The standard InChI is InChI=1S/C21H27N11/c1-29-12-20(25-27-29)15-31(16-21-17-32(22)28-26-21)11-10-30(13-18-6-2-4-8-23-18)14-19-7-3-5-9-24-19/h2-9,12,17H,10-11,13-16,22H2,1H3. The Balaban J connectivity index is 1.46. The highest BCUT2D eigenvalue weighted by Crippen LogP contribution is 2.10. The van der Waals surface area contributed by atoms with Crippen LogP contribution in [-0.2, 0) is 33.2 Å². The molecule has 0 aliphatic carbocycles. The van der Waals surface area contributed by atoms with Crippen LogP contribution in [-0.4, -0.2) is 63.0 Å². The van der Waals surface area contributed by atoms with Crippen molar-refractivity contribution in [3.8, 4) is 0 Å². The smallest absolute Gasteiger partial charge is 0.0989 e. The first-order valence-corrected chi connectivity index (χ1v) is 10.4. The summed E-state index contributed by atoms with van der Waals surface area (Å²) < 4.78 is 1.71. The molecule has 4 rings (SSSR count). The zero-order valence-electron chi connectivity index (χ0n) is 18.1. The minimum absolute atomic E-state index is 0.606. The average Bonchev–Trinajstić information content (AvgIpc) is 3.40. The molecule has 4 aromatic rings. The van der Waals surface area contributed by atoms with E-state index >= 15 is 0 Å². The molecule has 4 aromatic heterocycles. The highest BCUT2D eigenvalue weighted by atomic mass is 15.6. The van der Waals surface area contributed by atoms with Gasteiger partial charge < -0.3 is 5.84 Å². The Kier molecular flexibility index (Phi) is 7.10. The van der Waals surface area contributed by atoms with Crippen LogP contribution >= 0.6 is 0 Å². The van der Waals surface area contributed by atoms with E-state index in [-0.39, 0.29) is 0 Å². The maximum atomic E-state index is 5.68. The molecule has 0 aliphatic rings. The van der Waals surface area contributed by atoms with E-state index in [1.54, 1.807) is 10.9 Å². The van der Waals surface area contributed by atoms with E-state index in [0.29, 0.717) is 13.1 Å². The van der Waals surface area contributed by atoms with Gasteiger partial charge in [-0.05, 0) is 29.5 Å². The number of hydrogen-bond acceptors (Lipinski definition) is 9. The fourth-order valence-electron chi connectivity index (χ4n) is 3.46. The number of hydrogen-bond donors (Lipinski definition) is 1. The fourth-order valence-corrected chi connectivity index (χ4v) is 3.46. The van der Waals surface area contributed by atoms with Gasteiger partial charge in [-0.25, -0.2) is 0 Å². The Bertz CT molecular complexity index is 994. The van der Waals surface area contributed by atoms with E-state index in [1.807, 2.05) is 62.0 Å². The first-order chi connectivity index (χ1) is 15.6. The van der Waals surface area contributed by atoms with Gasteiger partial charge in [-0.3, -0.25) is 24.4 Å². The van der Waals surface area contributed by atoms with E-state index in [9.17, 15) is 0 Å². The van der Waals surface area contributed by atoms with E-state index in [0.717, 1.165) is 49.0 Å². The van der Waals surface area contributed by atoms with Gasteiger partial charge in [0.25, 0.3) is 0 Å². The molecule has 11 nitrogen and oxygen atoms in total. The van der Waals surface area contributed by atoms with Crippen LogP contribution in [0.2, 0.25) is 0 Å². The number of pyridine rings is 2. The average molecular weight is 434 g/mol. The van der Waals surface area contributed by atoms with Crippen LogP contribution in [0.1, 0.15) is 22.8 Å². The summed E-state index contributed by atoms with van der Waals surface area (Å²) in [6.45, 7) is 4.31. The summed E-state index contributed by atoms with van der Waals surface area (Å²) in [5.41, 5.74) is 3.75. The van der Waals surface area contributed by atoms with Crippen molar-refractivity contribution in [3.63, 3.8) is 0 Å². The van der Waals surface area contributed by atoms with Crippen molar-refractivity contribution < 1.29 is 0 Å². The lowest BCUT2D eigenvalue weighted by atomic mass is 10.2. The summed E-state index contributed by atoms with van der Waals surface area (Å²) in [6.07, 6.45) is 7.30. The molecule has 0 saturated heterocycles. The molecule has 0 bridgehead atoms. The second-order valence-corrected chi connectivity index (χ2v) is 7.64. The summed E-state index contributed by atoms with van der Waals surface area (Å²) in [7, 11) is 1.86. The third kappa shape index (κ3) is 6.40. The zero-order valence-corrected chi connectivity index (χ0v) is 18.1. The van der Waals surface area contributed by atoms with Crippen LogP contribution in [0.4, 0.5) is 0 Å². The molecule has 0 aliphatic heterocycles. The predicted octanol–water partition coefficient (Wildman–Crippen LogP) is 0.615. The van der Waals surface area contributed by atoms with Crippen LogP contribution in [0.3, 0.4) is 0 Å². The topological polar surface area (TPSA) is 120 Å². The quantitative estimate of drug-likeness (QED) is 0.339. The third-order valence-corrected chi connectivity index (χ3v) is 4.94. The molecular weight excluding hydrogens is 406 g/mol. The lowest BCUT2D eigenvalue weighted by Gasteiger charge is -2.26. The molecule has 4 heterocycles. The van der Waals surface area contributed by atoms with Gasteiger partial charge in [0.15, 0.2) is 0 Å². The maximum Gasteiger partial charge on any atom is 0.0989 e. The molecule has 32 heavy (non-hydrogen) atoms. The van der Waals surface area contributed by atoms with Gasteiger partial charge in [0.2, 0.25) is 0 Å². The predicted molar refractivity (Wildman–Crippen MR) is 118 cm³/mol. The van der Waals surface area contributed by atoms with Crippen molar-refractivity contribution in [1.82, 2.24) is 49.9 Å². The van der Waals surface area contributed by atoms with Gasteiger partial charge in [0.1, 0.15) is 0 Å². The van der Waals surface area contributed by atoms with Gasteiger partial charge >= 0.3 is 0 Å². The van der Waals surface area contributed by atoms with Crippen molar-refractivity contribution in [2.45, 2.75) is 26.2 Å². The molecular formula is C21H27N11. The Morgan fingerprint density at radius 2 is 1.25 bits per heavy atom. The molecule has 0 aromatic carbocycles. The molecule has 0 saturated carbocycles. The maximum absolute atomic E-state index is 5.68. The SMILES string of the molecule is Cn1cc(CN(CCN(Cc2ccccn2)Cc2ccccn2)Cc2cn(N)nn2)nn1. The van der Waals surface area contributed by atoms with E-state index in [2.05, 4.69) is 40.4 Å². The Hall–Kier alpha value is -3.70. The molecule has 0 unspecified atom stereocenters. The van der Waals surface area contributed by atoms with Gasteiger partial charge in [-0.15, -0.1) is 10.2 Å². The van der Waals surface area contributed by atoms with Crippen molar-refractivity contribution >= 4 is 0 Å². The Morgan fingerprint density at radius 1 is 0.719 bits per heavy atom. The minimum Gasteiger partial charge on any atom is -0.322 e. The number of aromatic nitrogens is 8. The number of nitrogen functional groups attached to an aromatic ring is 1. The van der Waals surface area contributed by atoms with E-state index < -0.39 is 0 Å². The summed E-state index contributed by atoms with van der Waals surface area (Å²) in [5.74, 6) is 5.68. The van der Waals surface area contributed by atoms with Gasteiger partial charge in [-0.1, -0.05) is 17.3 Å². The van der Waals surface area contributed by atoms with Crippen molar-refractivity contribution in [2.75, 3.05) is 18.9 Å². The van der Waals surface area contributed by atoms with Crippen LogP contribution in [0, 0.1) is 0 Å². The molecule has 0 fully saturated rings. The molecule has 0 radical (unpaired) electrons. The highest BCUT2D eigenvalue weighted by Gasteiger charge is 2.15. The molecule has 2 N–H and O–H groups in total. The highest BCUT2D eigenvalue weighted by molar-refractivity contribution is 5.06. The van der Waals surface area contributed by atoms with Crippen LogP contribution in [0.25, 0.3) is 0 Å². The van der Waals surface area contributed by atoms with Crippen molar-refractivity contribution in [2.24, 2.45) is 7.05 Å². The second kappa shape index (κ2) is 10.6. The van der Waals surface area contributed by atoms with E-state index in [1.165, 1.54) is 4.79 Å². The summed E-state index contributed by atoms with van der Waals surface area (Å²) in [5, 5.41) is 16.3. The molecule has 0 atom stereocenters. The lowest BCUT2D eigenvalue weighted by molar-refractivity contribution is 0.178. The Labute approximate surface area is 186 Å². The van der Waals surface area contributed by atoms with Crippen LogP contribution in [0.5, 0.6) is 0 Å². The molecule has 11 heteroatoms. The third-order valence-electron chi connectivity index (χ3n) is 4.94. The Morgan fingerprint density at radius 3 is 1.69 bits per heavy atom. The number of nitrogens with zero attached hydrogens (tertiary/aromatic N) is 10. The minimum atomic E-state index is 0.606. The van der Waals surface area contributed by atoms with E-state index in [4.69, 9.17) is 5.84 Å². The van der Waals surface area contributed by atoms with Crippen LogP contribution in [0.15, 0.2) is 61.2 Å². The summed E-state index contributed by atoms with van der Waals surface area (Å²) in [4.78, 5) is 14.8. The number of aryl methyl sites for hydroxylation is 1. The summed E-state index contributed by atoms with van der Waals surface area (Å²) >= 11 is 0. The lowest BCUT2D eigenvalue weighted by Crippen LogP contribution is -2.34. The van der Waals surface area contributed by atoms with Crippen molar-refractivity contribution in [3.05, 3.63) is 84.0 Å².